The molecule has 5 nitrogen and oxygen atoms in total. The van der Waals surface area contributed by atoms with Gasteiger partial charge in [-0.25, -0.2) is 5.84 Å². The van der Waals surface area contributed by atoms with Crippen LogP contribution in [-0.4, -0.2) is 32.3 Å². The Morgan fingerprint density at radius 3 is 2.75 bits per heavy atom. The quantitative estimate of drug-likeness (QED) is 0.221. The average Bonchev–Trinajstić information content (AvgIpc) is 2.49. The van der Waals surface area contributed by atoms with E-state index in [0.717, 1.165) is 19.3 Å². The summed E-state index contributed by atoms with van der Waals surface area (Å²) >= 11 is 0. The second-order valence-corrected chi connectivity index (χ2v) is 4.79. The highest BCUT2D eigenvalue weighted by atomic mass is 16.5. The van der Waals surface area contributed by atoms with E-state index in [9.17, 15) is 0 Å². The number of benzene rings is 1. The fraction of sp³-hybridized carbons (Fsp3) is 0.533. The van der Waals surface area contributed by atoms with Crippen molar-refractivity contribution in [3.8, 4) is 0 Å². The molecule has 0 aliphatic heterocycles. The minimum absolute atomic E-state index is 0.312. The number of hydrogen-bond acceptors (Lipinski definition) is 3. The molecule has 20 heavy (non-hydrogen) atoms. The summed E-state index contributed by atoms with van der Waals surface area (Å²) in [6.45, 7) is 3.54. The van der Waals surface area contributed by atoms with Crippen LogP contribution in [0.25, 0.3) is 0 Å². The summed E-state index contributed by atoms with van der Waals surface area (Å²) in [7, 11) is 1.69. The summed E-state index contributed by atoms with van der Waals surface area (Å²) < 4.78 is 4.98. The number of nitrogens with two attached hydrogens (primary N) is 1. The van der Waals surface area contributed by atoms with Gasteiger partial charge < -0.3 is 10.1 Å². The number of nitrogens with zero attached hydrogens (tertiary/aromatic N) is 1. The molecule has 1 aromatic carbocycles. The molecule has 0 aliphatic rings. The number of hydrazine groups is 1. The number of aliphatic imine (C=N–C) groups is 1. The van der Waals surface area contributed by atoms with Crippen LogP contribution in [0.3, 0.4) is 0 Å². The fourth-order valence-electron chi connectivity index (χ4n) is 1.87. The van der Waals surface area contributed by atoms with Crippen LogP contribution in [0.15, 0.2) is 35.3 Å². The van der Waals surface area contributed by atoms with Gasteiger partial charge in [0.15, 0.2) is 0 Å². The second kappa shape index (κ2) is 10.2. The Balaban J connectivity index is 2.29. The maximum Gasteiger partial charge on any atom is 0.205 e. The van der Waals surface area contributed by atoms with Crippen molar-refractivity contribution in [2.24, 2.45) is 10.8 Å². The molecule has 1 atom stereocenters. The Labute approximate surface area is 121 Å². The maximum absolute atomic E-state index is 5.47. The number of methoxy groups -OCH3 is 1. The summed E-state index contributed by atoms with van der Waals surface area (Å²) in [6, 6.07) is 10.8. The zero-order chi connectivity index (χ0) is 14.6. The van der Waals surface area contributed by atoms with Crippen LogP contribution < -0.4 is 16.6 Å². The van der Waals surface area contributed by atoms with Gasteiger partial charge in [-0.3, -0.25) is 10.4 Å². The van der Waals surface area contributed by atoms with Crippen molar-refractivity contribution in [3.05, 3.63) is 35.9 Å². The zero-order valence-corrected chi connectivity index (χ0v) is 12.4. The first-order valence-corrected chi connectivity index (χ1v) is 7.06. The molecule has 0 amide bonds. The van der Waals surface area contributed by atoms with Gasteiger partial charge in [-0.2, -0.15) is 0 Å². The Morgan fingerprint density at radius 1 is 1.35 bits per heavy atom. The Bertz CT molecular complexity index is 381. The number of guanidine groups is 1. The fourth-order valence-corrected chi connectivity index (χ4v) is 1.87. The molecule has 0 spiro atoms. The predicted octanol–water partition coefficient (Wildman–Crippen LogP) is 1.45. The molecule has 0 fully saturated rings. The molecule has 4 N–H and O–H groups in total. The molecular weight excluding hydrogens is 252 g/mol. The number of rotatable bonds is 8. The molecule has 0 saturated carbocycles. The topological polar surface area (TPSA) is 71.7 Å². The van der Waals surface area contributed by atoms with Gasteiger partial charge in [-0.05, 0) is 31.7 Å². The monoisotopic (exact) mass is 278 g/mol. The second-order valence-electron chi connectivity index (χ2n) is 4.79. The number of nitrogens with one attached hydrogen (secondary N) is 2. The van der Waals surface area contributed by atoms with Crippen LogP contribution in [0, 0.1) is 0 Å². The summed E-state index contributed by atoms with van der Waals surface area (Å²) in [5.74, 6) is 6.11. The molecule has 0 saturated heterocycles. The summed E-state index contributed by atoms with van der Waals surface area (Å²) in [6.07, 6.45) is 2.96. The van der Waals surface area contributed by atoms with Crippen molar-refractivity contribution in [1.29, 1.82) is 0 Å². The predicted molar refractivity (Wildman–Crippen MR) is 83.5 cm³/mol. The number of ether oxygens (including phenoxy) is 1. The number of hydrogen-bond donors (Lipinski definition) is 3. The maximum atomic E-state index is 5.47. The lowest BCUT2D eigenvalue weighted by Crippen LogP contribution is -2.45. The summed E-state index contributed by atoms with van der Waals surface area (Å²) in [5, 5.41) is 3.29. The van der Waals surface area contributed by atoms with Crippen molar-refractivity contribution in [2.45, 2.75) is 32.2 Å². The molecule has 5 heteroatoms. The highest BCUT2D eigenvalue weighted by Gasteiger charge is 2.04. The largest absolute Gasteiger partial charge is 0.385 e. The summed E-state index contributed by atoms with van der Waals surface area (Å²) in [4.78, 5) is 4.36. The van der Waals surface area contributed by atoms with Gasteiger partial charge in [0.25, 0.3) is 0 Å². The lowest BCUT2D eigenvalue weighted by molar-refractivity contribution is 0.197. The van der Waals surface area contributed by atoms with Crippen molar-refractivity contribution >= 4 is 5.96 Å². The molecule has 0 aliphatic carbocycles. The lowest BCUT2D eigenvalue weighted by Gasteiger charge is -2.16. The minimum atomic E-state index is 0.312. The van der Waals surface area contributed by atoms with E-state index in [0.29, 0.717) is 25.2 Å². The summed E-state index contributed by atoms with van der Waals surface area (Å²) in [5.41, 5.74) is 3.95. The van der Waals surface area contributed by atoms with Crippen LogP contribution >= 0.6 is 0 Å². The van der Waals surface area contributed by atoms with Gasteiger partial charge >= 0.3 is 0 Å². The third-order valence-electron chi connectivity index (χ3n) is 3.01. The first-order valence-electron chi connectivity index (χ1n) is 7.06. The third kappa shape index (κ3) is 7.11. The van der Waals surface area contributed by atoms with Crippen LogP contribution in [0.2, 0.25) is 0 Å². The molecular formula is C15H26N4O. The standard InChI is InChI=1S/C15H26N4O/c1-13(9-10-14-7-4-3-5-8-14)18-15(19-16)17-11-6-12-20-2/h3-5,7-8,13H,6,9-12,16H2,1-2H3,(H2,17,18,19). The Kier molecular flexibility index (Phi) is 8.42. The number of aryl methyl sites for hydroxylation is 1. The van der Waals surface area contributed by atoms with Gasteiger partial charge in [-0.15, -0.1) is 0 Å². The van der Waals surface area contributed by atoms with E-state index in [-0.39, 0.29) is 0 Å². The van der Waals surface area contributed by atoms with Gasteiger partial charge in [0.05, 0.1) is 0 Å². The van der Waals surface area contributed by atoms with E-state index in [1.54, 1.807) is 7.11 Å². The Morgan fingerprint density at radius 2 is 2.10 bits per heavy atom. The Hall–Kier alpha value is -1.59. The van der Waals surface area contributed by atoms with E-state index in [4.69, 9.17) is 10.6 Å². The molecule has 0 aromatic heterocycles. The molecule has 112 valence electrons. The van der Waals surface area contributed by atoms with E-state index in [1.165, 1.54) is 5.56 Å². The molecule has 1 rings (SSSR count). The van der Waals surface area contributed by atoms with Crippen LogP contribution in [-0.2, 0) is 11.2 Å². The minimum Gasteiger partial charge on any atom is -0.385 e. The highest BCUT2D eigenvalue weighted by Crippen LogP contribution is 2.04. The van der Waals surface area contributed by atoms with E-state index < -0.39 is 0 Å². The van der Waals surface area contributed by atoms with Gasteiger partial charge in [-0.1, -0.05) is 30.3 Å². The van der Waals surface area contributed by atoms with Gasteiger partial charge in [0.2, 0.25) is 5.96 Å². The first-order chi connectivity index (χ1) is 9.76. The SMILES string of the molecule is COCCCN=C(NN)NC(C)CCc1ccccc1. The highest BCUT2D eigenvalue weighted by molar-refractivity contribution is 5.79. The zero-order valence-electron chi connectivity index (χ0n) is 12.4. The van der Waals surface area contributed by atoms with E-state index in [2.05, 4.69) is 46.9 Å². The molecule has 1 aromatic rings. The normalized spacial score (nSPS) is 13.1. The smallest absolute Gasteiger partial charge is 0.205 e. The third-order valence-corrected chi connectivity index (χ3v) is 3.01. The lowest BCUT2D eigenvalue weighted by atomic mass is 10.1. The van der Waals surface area contributed by atoms with E-state index >= 15 is 0 Å². The van der Waals surface area contributed by atoms with Crippen LogP contribution in [0.4, 0.5) is 0 Å². The van der Waals surface area contributed by atoms with Crippen molar-refractivity contribution in [1.82, 2.24) is 10.7 Å². The first kappa shape index (κ1) is 16.5. The van der Waals surface area contributed by atoms with Gasteiger partial charge in [0, 0.05) is 26.3 Å². The van der Waals surface area contributed by atoms with Crippen molar-refractivity contribution in [2.75, 3.05) is 20.3 Å². The van der Waals surface area contributed by atoms with E-state index in [1.807, 2.05) is 6.07 Å². The van der Waals surface area contributed by atoms with Crippen molar-refractivity contribution < 1.29 is 4.74 Å². The molecule has 0 radical (unpaired) electrons. The molecule has 0 bridgehead atoms. The van der Waals surface area contributed by atoms with Crippen molar-refractivity contribution in [3.63, 3.8) is 0 Å². The average molecular weight is 278 g/mol. The van der Waals surface area contributed by atoms with Crippen LogP contribution in [0.5, 0.6) is 0 Å². The van der Waals surface area contributed by atoms with Crippen LogP contribution in [0.1, 0.15) is 25.3 Å². The molecule has 1 unspecified atom stereocenters. The van der Waals surface area contributed by atoms with Gasteiger partial charge in [0.1, 0.15) is 0 Å². The molecule has 0 heterocycles.